The average Bonchev–Trinajstić information content (AvgIpc) is 3.12. The molecule has 1 unspecified atom stereocenters. The minimum absolute atomic E-state index is 0.0269. The maximum absolute atomic E-state index is 10.2. The fourth-order valence-corrected chi connectivity index (χ4v) is 2.85. The largest absolute Gasteiger partial charge is 0.490 e. The van der Waals surface area contributed by atoms with E-state index >= 15 is 0 Å². The standard InChI is InChI=1S/C23H28N2O2/c1-23(2,3)25-15-19(26)16-27-22-10-5-4-7-18(22)12-11-17-8-6-9-21-20(17)13-14-24-21/h4-14,19,24-26H,15-16H2,1-3H3. The van der Waals surface area contributed by atoms with E-state index in [4.69, 9.17) is 4.74 Å². The molecule has 1 heterocycles. The Labute approximate surface area is 160 Å². The smallest absolute Gasteiger partial charge is 0.126 e. The van der Waals surface area contributed by atoms with Crippen LogP contribution < -0.4 is 10.1 Å². The van der Waals surface area contributed by atoms with Gasteiger partial charge in [-0.1, -0.05) is 42.5 Å². The highest BCUT2D eigenvalue weighted by Crippen LogP contribution is 2.23. The van der Waals surface area contributed by atoms with Crippen molar-refractivity contribution < 1.29 is 9.84 Å². The zero-order valence-corrected chi connectivity index (χ0v) is 16.2. The van der Waals surface area contributed by atoms with Crippen LogP contribution in [-0.4, -0.2) is 34.9 Å². The third kappa shape index (κ3) is 5.46. The number of para-hydroxylation sites is 1. The minimum Gasteiger partial charge on any atom is -0.490 e. The average molecular weight is 364 g/mol. The van der Waals surface area contributed by atoms with Crippen molar-refractivity contribution in [3.05, 3.63) is 65.9 Å². The van der Waals surface area contributed by atoms with Gasteiger partial charge in [-0.3, -0.25) is 0 Å². The molecule has 0 radical (unpaired) electrons. The van der Waals surface area contributed by atoms with Gasteiger partial charge < -0.3 is 20.1 Å². The number of aromatic nitrogens is 1. The van der Waals surface area contributed by atoms with Crippen LogP contribution in [0.4, 0.5) is 0 Å². The Kier molecular flexibility index (Phi) is 5.99. The van der Waals surface area contributed by atoms with E-state index in [0.717, 1.165) is 22.4 Å². The number of H-pyrrole nitrogens is 1. The van der Waals surface area contributed by atoms with Crippen LogP contribution in [0.1, 0.15) is 31.9 Å². The van der Waals surface area contributed by atoms with Crippen molar-refractivity contribution in [1.82, 2.24) is 10.3 Å². The first kappa shape index (κ1) is 19.2. The summed E-state index contributed by atoms with van der Waals surface area (Å²) < 4.78 is 5.88. The van der Waals surface area contributed by atoms with Gasteiger partial charge in [0.25, 0.3) is 0 Å². The van der Waals surface area contributed by atoms with E-state index in [1.807, 2.05) is 36.5 Å². The lowest BCUT2D eigenvalue weighted by Gasteiger charge is -2.23. The van der Waals surface area contributed by atoms with Crippen LogP contribution in [0.2, 0.25) is 0 Å². The summed E-state index contributed by atoms with van der Waals surface area (Å²) in [5.74, 6) is 0.768. The third-order valence-electron chi connectivity index (χ3n) is 4.29. The fraction of sp³-hybridized carbons (Fsp3) is 0.304. The maximum Gasteiger partial charge on any atom is 0.126 e. The SMILES string of the molecule is CC(C)(C)NCC(O)COc1ccccc1C=Cc1cccc2[nH]ccc12. The molecule has 0 aliphatic carbocycles. The third-order valence-corrected chi connectivity index (χ3v) is 4.29. The molecule has 3 aromatic rings. The van der Waals surface area contributed by atoms with E-state index in [0.29, 0.717) is 6.54 Å². The Balaban J connectivity index is 1.68. The molecule has 0 fully saturated rings. The molecule has 0 amide bonds. The summed E-state index contributed by atoms with van der Waals surface area (Å²) in [7, 11) is 0. The second kappa shape index (κ2) is 8.42. The van der Waals surface area contributed by atoms with Gasteiger partial charge >= 0.3 is 0 Å². The van der Waals surface area contributed by atoms with Crippen molar-refractivity contribution in [2.24, 2.45) is 0 Å². The lowest BCUT2D eigenvalue weighted by atomic mass is 10.1. The summed E-state index contributed by atoms with van der Waals surface area (Å²) in [6.45, 7) is 6.97. The Hall–Kier alpha value is -2.56. The molecule has 0 bridgehead atoms. The molecule has 1 atom stereocenters. The Morgan fingerprint density at radius 1 is 1.04 bits per heavy atom. The molecule has 0 spiro atoms. The van der Waals surface area contributed by atoms with Gasteiger partial charge in [0, 0.05) is 34.7 Å². The van der Waals surface area contributed by atoms with Crippen LogP contribution in [0.25, 0.3) is 23.1 Å². The number of benzene rings is 2. The number of ether oxygens (including phenoxy) is 1. The highest BCUT2D eigenvalue weighted by Gasteiger charge is 2.13. The summed E-state index contributed by atoms with van der Waals surface area (Å²) in [6, 6.07) is 16.2. The molecule has 0 saturated carbocycles. The van der Waals surface area contributed by atoms with Gasteiger partial charge in [0.15, 0.2) is 0 Å². The lowest BCUT2D eigenvalue weighted by molar-refractivity contribution is 0.0999. The van der Waals surface area contributed by atoms with Crippen molar-refractivity contribution in [2.75, 3.05) is 13.2 Å². The van der Waals surface area contributed by atoms with Crippen molar-refractivity contribution in [2.45, 2.75) is 32.4 Å². The zero-order chi connectivity index (χ0) is 19.3. The van der Waals surface area contributed by atoms with Gasteiger partial charge in [-0.15, -0.1) is 0 Å². The minimum atomic E-state index is -0.560. The predicted molar refractivity (Wildman–Crippen MR) is 113 cm³/mol. The molecule has 0 aliphatic rings. The molecule has 0 aliphatic heterocycles. The van der Waals surface area contributed by atoms with E-state index in [1.165, 1.54) is 5.39 Å². The Morgan fingerprint density at radius 2 is 1.78 bits per heavy atom. The molecule has 3 rings (SSSR count). The number of hydrogen-bond acceptors (Lipinski definition) is 3. The van der Waals surface area contributed by atoms with Crippen molar-refractivity contribution in [1.29, 1.82) is 0 Å². The first-order valence-electron chi connectivity index (χ1n) is 9.31. The van der Waals surface area contributed by atoms with Gasteiger partial charge in [-0.05, 0) is 44.5 Å². The van der Waals surface area contributed by atoms with Crippen LogP contribution in [0, 0.1) is 0 Å². The number of aromatic amines is 1. The number of aliphatic hydroxyl groups is 1. The fourth-order valence-electron chi connectivity index (χ4n) is 2.85. The van der Waals surface area contributed by atoms with E-state index in [2.05, 4.69) is 61.4 Å². The van der Waals surface area contributed by atoms with Gasteiger partial charge in [-0.25, -0.2) is 0 Å². The lowest BCUT2D eigenvalue weighted by Crippen LogP contribution is -2.42. The van der Waals surface area contributed by atoms with E-state index in [1.54, 1.807) is 0 Å². The topological polar surface area (TPSA) is 57.3 Å². The Morgan fingerprint density at radius 3 is 2.59 bits per heavy atom. The highest BCUT2D eigenvalue weighted by molar-refractivity contribution is 5.91. The Bertz CT molecular complexity index is 906. The van der Waals surface area contributed by atoms with Gasteiger partial charge in [0.2, 0.25) is 0 Å². The molecule has 0 saturated heterocycles. The van der Waals surface area contributed by atoms with Gasteiger partial charge in [-0.2, -0.15) is 0 Å². The van der Waals surface area contributed by atoms with Crippen LogP contribution in [0.3, 0.4) is 0 Å². The van der Waals surface area contributed by atoms with Crippen molar-refractivity contribution in [3.8, 4) is 5.75 Å². The zero-order valence-electron chi connectivity index (χ0n) is 16.2. The van der Waals surface area contributed by atoms with Gasteiger partial charge in [0.05, 0.1) is 0 Å². The molecule has 2 aromatic carbocycles. The molecular formula is C23H28N2O2. The number of aliphatic hydroxyl groups excluding tert-OH is 1. The van der Waals surface area contributed by atoms with Crippen LogP contribution >= 0.6 is 0 Å². The van der Waals surface area contributed by atoms with Crippen LogP contribution in [0.15, 0.2) is 54.7 Å². The summed E-state index contributed by atoms with van der Waals surface area (Å²) in [5.41, 5.74) is 3.23. The van der Waals surface area contributed by atoms with Crippen molar-refractivity contribution >= 4 is 23.1 Å². The second-order valence-corrected chi connectivity index (χ2v) is 7.75. The summed E-state index contributed by atoms with van der Waals surface area (Å²) >= 11 is 0. The molecular weight excluding hydrogens is 336 g/mol. The maximum atomic E-state index is 10.2. The number of rotatable bonds is 7. The van der Waals surface area contributed by atoms with Crippen LogP contribution in [0.5, 0.6) is 5.75 Å². The van der Waals surface area contributed by atoms with E-state index in [-0.39, 0.29) is 12.1 Å². The van der Waals surface area contributed by atoms with E-state index < -0.39 is 6.10 Å². The summed E-state index contributed by atoms with van der Waals surface area (Å²) in [6.07, 6.45) is 5.54. The molecule has 4 nitrogen and oxygen atoms in total. The molecule has 27 heavy (non-hydrogen) atoms. The molecule has 3 N–H and O–H groups in total. The first-order valence-corrected chi connectivity index (χ1v) is 9.31. The number of β-amino-alcohol motifs (C(OH)–C–C–N with tert-alkyl or cyclic N) is 1. The number of hydrogen-bond donors (Lipinski definition) is 3. The quantitative estimate of drug-likeness (QED) is 0.542. The monoisotopic (exact) mass is 364 g/mol. The van der Waals surface area contributed by atoms with Gasteiger partial charge in [0.1, 0.15) is 18.5 Å². The number of fused-ring (bicyclic) bond motifs is 1. The van der Waals surface area contributed by atoms with Crippen LogP contribution in [-0.2, 0) is 0 Å². The van der Waals surface area contributed by atoms with Crippen molar-refractivity contribution in [3.63, 3.8) is 0 Å². The number of nitrogens with one attached hydrogen (secondary N) is 2. The summed E-state index contributed by atoms with van der Waals surface area (Å²) in [5, 5.41) is 14.6. The normalized spacial score (nSPS) is 13.3. The van der Waals surface area contributed by atoms with E-state index in [9.17, 15) is 5.11 Å². The molecule has 1 aromatic heterocycles. The highest BCUT2D eigenvalue weighted by atomic mass is 16.5. The predicted octanol–water partition coefficient (Wildman–Crippen LogP) is 4.47. The summed E-state index contributed by atoms with van der Waals surface area (Å²) in [4.78, 5) is 3.23. The first-order chi connectivity index (χ1) is 12.9. The molecule has 4 heteroatoms. The molecule has 142 valence electrons. The second-order valence-electron chi connectivity index (χ2n) is 7.75.